The Balaban J connectivity index is 1.89. The molecule has 1 heterocycles. The number of halogens is 1. The molecule has 1 aliphatic rings. The van der Waals surface area contributed by atoms with Gasteiger partial charge in [0.25, 0.3) is 0 Å². The average Bonchev–Trinajstić information content (AvgIpc) is 2.58. The molecular formula is C12H11BrN2O4. The molecule has 19 heavy (non-hydrogen) atoms. The first-order valence-electron chi connectivity index (χ1n) is 5.52. The van der Waals surface area contributed by atoms with Crippen molar-refractivity contribution in [1.82, 2.24) is 9.80 Å². The van der Waals surface area contributed by atoms with E-state index in [1.54, 1.807) is 12.1 Å². The van der Waals surface area contributed by atoms with E-state index in [4.69, 9.17) is 4.74 Å². The molecule has 0 atom stereocenters. The number of hydrogen-bond acceptors (Lipinski definition) is 4. The van der Waals surface area contributed by atoms with Crippen LogP contribution in [0.1, 0.15) is 0 Å². The fourth-order valence-electron chi connectivity index (χ4n) is 1.60. The van der Waals surface area contributed by atoms with Crippen LogP contribution >= 0.6 is 15.9 Å². The maximum atomic E-state index is 11.6. The molecule has 0 spiro atoms. The van der Waals surface area contributed by atoms with Gasteiger partial charge in [-0.05, 0) is 24.3 Å². The van der Waals surface area contributed by atoms with Crippen molar-refractivity contribution in [2.45, 2.75) is 0 Å². The molecule has 0 N–H and O–H groups in total. The predicted molar refractivity (Wildman–Crippen MR) is 69.5 cm³/mol. The fourth-order valence-corrected chi connectivity index (χ4v) is 1.86. The van der Waals surface area contributed by atoms with Gasteiger partial charge >= 0.3 is 17.8 Å². The molecule has 0 aliphatic carbocycles. The smallest absolute Gasteiger partial charge is 0.334 e. The van der Waals surface area contributed by atoms with E-state index in [2.05, 4.69) is 15.9 Å². The number of nitrogens with zero attached hydrogens (tertiary/aromatic N) is 2. The van der Waals surface area contributed by atoms with E-state index in [-0.39, 0.29) is 13.2 Å². The molecule has 1 saturated heterocycles. The Labute approximate surface area is 118 Å². The van der Waals surface area contributed by atoms with Crippen LogP contribution in [0.4, 0.5) is 4.79 Å². The minimum atomic E-state index is -0.813. The molecule has 7 heteroatoms. The van der Waals surface area contributed by atoms with Crippen LogP contribution in [0.15, 0.2) is 28.7 Å². The van der Waals surface area contributed by atoms with Crippen LogP contribution in [0.2, 0.25) is 0 Å². The summed E-state index contributed by atoms with van der Waals surface area (Å²) in [5, 5.41) is 0. The SMILES string of the molecule is CN1C(=O)C(=O)N(CCOc2ccc(Br)cc2)C1=O. The van der Waals surface area contributed by atoms with Gasteiger partial charge in [-0.25, -0.2) is 4.79 Å². The normalized spacial score (nSPS) is 15.4. The molecule has 0 bridgehead atoms. The highest BCUT2D eigenvalue weighted by molar-refractivity contribution is 9.10. The van der Waals surface area contributed by atoms with Crippen molar-refractivity contribution in [3.05, 3.63) is 28.7 Å². The molecule has 2 rings (SSSR count). The van der Waals surface area contributed by atoms with Gasteiger partial charge in [0.1, 0.15) is 12.4 Å². The fraction of sp³-hybridized carbons (Fsp3) is 0.250. The minimum absolute atomic E-state index is 0.0454. The van der Waals surface area contributed by atoms with Crippen LogP contribution in [0, 0.1) is 0 Å². The third-order valence-corrected chi connectivity index (χ3v) is 3.18. The number of benzene rings is 1. The predicted octanol–water partition coefficient (Wildman–Crippen LogP) is 1.25. The van der Waals surface area contributed by atoms with Crippen molar-refractivity contribution in [1.29, 1.82) is 0 Å². The number of carbonyl (C=O) groups excluding carboxylic acids is 3. The summed E-state index contributed by atoms with van der Waals surface area (Å²) in [6.07, 6.45) is 0. The molecule has 0 unspecified atom stereocenters. The Morgan fingerprint density at radius 3 is 2.26 bits per heavy atom. The highest BCUT2D eigenvalue weighted by Gasteiger charge is 2.41. The summed E-state index contributed by atoms with van der Waals surface area (Å²) in [7, 11) is 1.28. The Morgan fingerprint density at radius 1 is 1.11 bits per heavy atom. The lowest BCUT2D eigenvalue weighted by molar-refractivity contribution is -0.142. The molecule has 0 aromatic heterocycles. The zero-order valence-corrected chi connectivity index (χ0v) is 11.7. The summed E-state index contributed by atoms with van der Waals surface area (Å²) in [5.74, 6) is -0.998. The third kappa shape index (κ3) is 2.76. The Kier molecular flexibility index (Phi) is 3.84. The topological polar surface area (TPSA) is 66.9 Å². The third-order valence-electron chi connectivity index (χ3n) is 2.65. The maximum Gasteiger partial charge on any atom is 0.334 e. The number of amides is 4. The summed E-state index contributed by atoms with van der Waals surface area (Å²) in [6, 6.07) is 6.54. The highest BCUT2D eigenvalue weighted by atomic mass is 79.9. The zero-order chi connectivity index (χ0) is 14.0. The first-order valence-corrected chi connectivity index (χ1v) is 6.32. The molecule has 1 aromatic carbocycles. The van der Waals surface area contributed by atoms with Gasteiger partial charge in [0.05, 0.1) is 6.54 Å². The number of urea groups is 1. The number of ether oxygens (including phenoxy) is 1. The van der Waals surface area contributed by atoms with Crippen molar-refractivity contribution in [3.8, 4) is 5.75 Å². The van der Waals surface area contributed by atoms with Crippen molar-refractivity contribution in [2.75, 3.05) is 20.2 Å². The zero-order valence-electron chi connectivity index (χ0n) is 10.1. The van der Waals surface area contributed by atoms with Gasteiger partial charge in [-0.2, -0.15) is 0 Å². The van der Waals surface area contributed by atoms with Gasteiger partial charge < -0.3 is 4.74 Å². The summed E-state index contributed by atoms with van der Waals surface area (Å²) in [4.78, 5) is 36.0. The molecule has 1 aliphatic heterocycles. The second kappa shape index (κ2) is 5.40. The van der Waals surface area contributed by atoms with Gasteiger partial charge in [0.2, 0.25) is 0 Å². The summed E-state index contributed by atoms with van der Waals surface area (Å²) in [6.45, 7) is 0.185. The van der Waals surface area contributed by atoms with Crippen LogP contribution in [0.25, 0.3) is 0 Å². The summed E-state index contributed by atoms with van der Waals surface area (Å²) < 4.78 is 6.32. The molecule has 0 saturated carbocycles. The van der Waals surface area contributed by atoms with Crippen LogP contribution in [0.3, 0.4) is 0 Å². The monoisotopic (exact) mass is 326 g/mol. The van der Waals surface area contributed by atoms with Crippen LogP contribution in [0.5, 0.6) is 5.75 Å². The highest BCUT2D eigenvalue weighted by Crippen LogP contribution is 2.16. The van der Waals surface area contributed by atoms with Gasteiger partial charge in [-0.3, -0.25) is 19.4 Å². The number of imide groups is 2. The molecular weight excluding hydrogens is 316 g/mol. The first kappa shape index (κ1) is 13.5. The van der Waals surface area contributed by atoms with E-state index in [9.17, 15) is 14.4 Å². The summed E-state index contributed by atoms with van der Waals surface area (Å²) >= 11 is 3.30. The van der Waals surface area contributed by atoms with Crippen molar-refractivity contribution in [2.24, 2.45) is 0 Å². The van der Waals surface area contributed by atoms with Crippen molar-refractivity contribution in [3.63, 3.8) is 0 Å². The van der Waals surface area contributed by atoms with E-state index in [1.807, 2.05) is 12.1 Å². The number of likely N-dealkylation sites (N-methyl/N-ethyl adjacent to an activating group) is 1. The first-order chi connectivity index (χ1) is 9.00. The molecule has 6 nitrogen and oxygen atoms in total. The number of hydrogen-bond donors (Lipinski definition) is 0. The van der Waals surface area contributed by atoms with Crippen LogP contribution < -0.4 is 4.74 Å². The van der Waals surface area contributed by atoms with E-state index < -0.39 is 17.8 Å². The summed E-state index contributed by atoms with van der Waals surface area (Å²) in [5.41, 5.74) is 0. The molecule has 1 fully saturated rings. The number of rotatable bonds is 4. The molecule has 1 aromatic rings. The van der Waals surface area contributed by atoms with Gasteiger partial charge in [0.15, 0.2) is 0 Å². The molecule has 4 amide bonds. The van der Waals surface area contributed by atoms with E-state index in [1.165, 1.54) is 7.05 Å². The Morgan fingerprint density at radius 2 is 1.74 bits per heavy atom. The molecule has 0 radical (unpaired) electrons. The second-order valence-corrected chi connectivity index (χ2v) is 4.82. The molecule has 100 valence electrons. The minimum Gasteiger partial charge on any atom is -0.492 e. The average molecular weight is 327 g/mol. The second-order valence-electron chi connectivity index (χ2n) is 3.91. The lowest BCUT2D eigenvalue weighted by Crippen LogP contribution is -2.35. The van der Waals surface area contributed by atoms with Crippen LogP contribution in [-0.4, -0.2) is 47.8 Å². The van der Waals surface area contributed by atoms with Crippen LogP contribution in [-0.2, 0) is 9.59 Å². The Bertz CT molecular complexity index is 529. The van der Waals surface area contributed by atoms with Gasteiger partial charge in [-0.15, -0.1) is 0 Å². The van der Waals surface area contributed by atoms with E-state index in [0.717, 1.165) is 14.3 Å². The van der Waals surface area contributed by atoms with Crippen molar-refractivity contribution >= 4 is 33.8 Å². The largest absolute Gasteiger partial charge is 0.492 e. The van der Waals surface area contributed by atoms with E-state index in [0.29, 0.717) is 5.75 Å². The lowest BCUT2D eigenvalue weighted by atomic mass is 10.3. The van der Waals surface area contributed by atoms with Crippen molar-refractivity contribution < 1.29 is 19.1 Å². The Hall–Kier alpha value is -1.89. The lowest BCUT2D eigenvalue weighted by Gasteiger charge is -2.13. The van der Waals surface area contributed by atoms with Gasteiger partial charge in [0, 0.05) is 11.5 Å². The standard InChI is InChI=1S/C12H11BrN2O4/c1-14-10(16)11(17)15(12(14)18)6-7-19-9-4-2-8(13)3-5-9/h2-5H,6-7H2,1H3. The van der Waals surface area contributed by atoms with E-state index >= 15 is 0 Å². The maximum absolute atomic E-state index is 11.6. The van der Waals surface area contributed by atoms with Gasteiger partial charge in [-0.1, -0.05) is 15.9 Å². The number of carbonyl (C=O) groups is 3. The quantitative estimate of drug-likeness (QED) is 0.617.